The van der Waals surface area contributed by atoms with Gasteiger partial charge in [0.15, 0.2) is 0 Å². The highest BCUT2D eigenvalue weighted by Gasteiger charge is 2.30. The van der Waals surface area contributed by atoms with E-state index in [0.29, 0.717) is 10.8 Å². The second-order valence-electron chi connectivity index (χ2n) is 5.23. The molecule has 1 aliphatic rings. The number of thioether (sulfide) groups is 1. The minimum atomic E-state index is -0.475. The summed E-state index contributed by atoms with van der Waals surface area (Å²) in [4.78, 5) is 23.1. The van der Waals surface area contributed by atoms with Gasteiger partial charge in [-0.3, -0.25) is 14.9 Å². The van der Waals surface area contributed by atoms with Crippen molar-refractivity contribution in [3.05, 3.63) is 39.4 Å². The highest BCUT2D eigenvalue weighted by atomic mass is 32.2. The maximum atomic E-state index is 12.4. The predicted octanol–water partition coefficient (Wildman–Crippen LogP) is 3.31. The number of nitro groups is 1. The van der Waals surface area contributed by atoms with Crippen LogP contribution in [0.25, 0.3) is 0 Å². The third-order valence-electron chi connectivity index (χ3n) is 3.81. The van der Waals surface area contributed by atoms with Crippen LogP contribution in [0.15, 0.2) is 18.2 Å². The maximum Gasteiger partial charge on any atom is 0.285 e. The first-order valence-electron chi connectivity index (χ1n) is 7.21. The van der Waals surface area contributed by atoms with Crippen LogP contribution in [0.3, 0.4) is 0 Å². The molecule has 2 atom stereocenters. The molecule has 5 nitrogen and oxygen atoms in total. The molecule has 0 heterocycles. The lowest BCUT2D eigenvalue weighted by Gasteiger charge is -2.20. The number of amides is 1. The number of aryl methyl sites for hydroxylation is 1. The summed E-state index contributed by atoms with van der Waals surface area (Å²) in [5.74, 6) is 0.681. The van der Waals surface area contributed by atoms with Gasteiger partial charge < -0.3 is 5.32 Å². The highest BCUT2D eigenvalue weighted by Crippen LogP contribution is 2.31. The van der Waals surface area contributed by atoms with E-state index in [4.69, 9.17) is 0 Å². The van der Waals surface area contributed by atoms with E-state index in [9.17, 15) is 14.9 Å². The van der Waals surface area contributed by atoms with Crippen molar-refractivity contribution in [1.29, 1.82) is 0 Å². The van der Waals surface area contributed by atoms with Crippen LogP contribution in [0.5, 0.6) is 0 Å². The van der Waals surface area contributed by atoms with Crippen LogP contribution in [0.4, 0.5) is 5.69 Å². The van der Waals surface area contributed by atoms with Crippen molar-refractivity contribution >= 4 is 23.4 Å². The lowest BCUT2D eigenvalue weighted by molar-refractivity contribution is -0.385. The molecule has 114 valence electrons. The normalized spacial score (nSPS) is 21.2. The standard InChI is InChI=1S/C15H20N2O3S/c1-3-21-13-9-5-8-12(13)16-15(18)11-7-4-6-10(2)14(11)17(19)20/h4,6-7,12-13H,3,5,8-9H2,1-2H3,(H,16,18)/t12-,13+/m0/s1. The first-order valence-corrected chi connectivity index (χ1v) is 8.26. The van der Waals surface area contributed by atoms with Crippen LogP contribution in [0, 0.1) is 17.0 Å². The van der Waals surface area contributed by atoms with Gasteiger partial charge in [-0.05, 0) is 31.6 Å². The molecular formula is C15H20N2O3S. The molecule has 2 rings (SSSR count). The van der Waals surface area contributed by atoms with Gasteiger partial charge in [-0.15, -0.1) is 0 Å². The van der Waals surface area contributed by atoms with Crippen LogP contribution < -0.4 is 5.32 Å². The second-order valence-corrected chi connectivity index (χ2v) is 6.75. The number of carbonyl (C=O) groups excluding carboxylic acids is 1. The molecule has 1 saturated carbocycles. The summed E-state index contributed by atoms with van der Waals surface area (Å²) in [6.45, 7) is 3.76. The Bertz CT molecular complexity index is 548. The SMILES string of the molecule is CCS[C@@H]1CCC[C@@H]1NC(=O)c1cccc(C)c1[N+](=O)[O-]. The largest absolute Gasteiger partial charge is 0.348 e. The van der Waals surface area contributed by atoms with Crippen molar-refractivity contribution < 1.29 is 9.72 Å². The van der Waals surface area contributed by atoms with Gasteiger partial charge in [0.25, 0.3) is 11.6 Å². The summed E-state index contributed by atoms with van der Waals surface area (Å²) < 4.78 is 0. The molecular weight excluding hydrogens is 288 g/mol. The van der Waals surface area contributed by atoms with E-state index < -0.39 is 4.92 Å². The molecule has 21 heavy (non-hydrogen) atoms. The van der Waals surface area contributed by atoms with E-state index in [2.05, 4.69) is 12.2 Å². The number of nitrogens with zero attached hydrogens (tertiary/aromatic N) is 1. The molecule has 1 aromatic rings. The van der Waals surface area contributed by atoms with Gasteiger partial charge in [0, 0.05) is 16.9 Å². The van der Waals surface area contributed by atoms with Crippen molar-refractivity contribution in [2.45, 2.75) is 44.4 Å². The summed E-state index contributed by atoms with van der Waals surface area (Å²) in [5.41, 5.74) is 0.582. The Balaban J connectivity index is 2.17. The Hall–Kier alpha value is -1.56. The lowest BCUT2D eigenvalue weighted by Crippen LogP contribution is -2.39. The first-order chi connectivity index (χ1) is 10.0. The number of nitro benzene ring substituents is 1. The number of nitrogens with one attached hydrogen (secondary N) is 1. The number of carbonyl (C=O) groups is 1. The Morgan fingerprint density at radius 1 is 1.48 bits per heavy atom. The quantitative estimate of drug-likeness (QED) is 0.669. The minimum Gasteiger partial charge on any atom is -0.348 e. The zero-order chi connectivity index (χ0) is 15.4. The zero-order valence-electron chi connectivity index (χ0n) is 12.3. The molecule has 1 aliphatic carbocycles. The van der Waals surface area contributed by atoms with Gasteiger partial charge in [-0.1, -0.05) is 25.5 Å². The summed E-state index contributed by atoms with van der Waals surface area (Å²) in [6, 6.07) is 4.98. The van der Waals surface area contributed by atoms with E-state index in [-0.39, 0.29) is 23.2 Å². The summed E-state index contributed by atoms with van der Waals surface area (Å²) in [5, 5.41) is 14.6. The Morgan fingerprint density at radius 2 is 2.24 bits per heavy atom. The van der Waals surface area contributed by atoms with Crippen molar-refractivity contribution in [3.8, 4) is 0 Å². The first kappa shape index (κ1) is 15.8. The second kappa shape index (κ2) is 6.93. The van der Waals surface area contributed by atoms with Crippen LogP contribution in [0.1, 0.15) is 42.1 Å². The molecule has 0 bridgehead atoms. The van der Waals surface area contributed by atoms with Gasteiger partial charge in [-0.2, -0.15) is 11.8 Å². The monoisotopic (exact) mass is 308 g/mol. The average Bonchev–Trinajstić information content (AvgIpc) is 2.85. The molecule has 0 aliphatic heterocycles. The van der Waals surface area contributed by atoms with E-state index >= 15 is 0 Å². The fourth-order valence-electron chi connectivity index (χ4n) is 2.84. The van der Waals surface area contributed by atoms with Gasteiger partial charge in [0.05, 0.1) is 4.92 Å². The molecule has 1 amide bonds. The van der Waals surface area contributed by atoms with Crippen LogP contribution >= 0.6 is 11.8 Å². The third-order valence-corrected chi connectivity index (χ3v) is 5.14. The molecule has 0 aromatic heterocycles. The number of benzene rings is 1. The summed E-state index contributed by atoms with van der Waals surface area (Å²) >= 11 is 1.85. The van der Waals surface area contributed by atoms with Crippen LogP contribution in [-0.4, -0.2) is 27.9 Å². The molecule has 0 unspecified atom stereocenters. The number of hydrogen-bond acceptors (Lipinski definition) is 4. The van der Waals surface area contributed by atoms with Gasteiger partial charge in [0.1, 0.15) is 5.56 Å². The smallest absolute Gasteiger partial charge is 0.285 e. The van der Waals surface area contributed by atoms with Crippen LogP contribution in [0.2, 0.25) is 0 Å². The average molecular weight is 308 g/mol. The third kappa shape index (κ3) is 3.56. The minimum absolute atomic E-state index is 0.0901. The van der Waals surface area contributed by atoms with Gasteiger partial charge in [0.2, 0.25) is 0 Å². The molecule has 1 fully saturated rings. The van der Waals surface area contributed by atoms with Crippen molar-refractivity contribution in [2.24, 2.45) is 0 Å². The maximum absolute atomic E-state index is 12.4. The van der Waals surface area contributed by atoms with Crippen molar-refractivity contribution in [2.75, 3.05) is 5.75 Å². The van der Waals surface area contributed by atoms with Crippen LogP contribution in [-0.2, 0) is 0 Å². The molecule has 1 N–H and O–H groups in total. The Kier molecular flexibility index (Phi) is 5.22. The number of rotatable bonds is 5. The number of hydrogen-bond donors (Lipinski definition) is 1. The molecule has 1 aromatic carbocycles. The Labute approximate surface area is 128 Å². The number of para-hydroxylation sites is 1. The van der Waals surface area contributed by atoms with Gasteiger partial charge >= 0.3 is 0 Å². The van der Waals surface area contributed by atoms with E-state index in [0.717, 1.165) is 25.0 Å². The lowest BCUT2D eigenvalue weighted by atomic mass is 10.1. The van der Waals surface area contributed by atoms with E-state index in [1.807, 2.05) is 11.8 Å². The fraction of sp³-hybridized carbons (Fsp3) is 0.533. The summed E-state index contributed by atoms with van der Waals surface area (Å²) in [7, 11) is 0. The Morgan fingerprint density at radius 3 is 2.90 bits per heavy atom. The predicted molar refractivity (Wildman–Crippen MR) is 84.9 cm³/mol. The molecule has 6 heteroatoms. The van der Waals surface area contributed by atoms with Crippen molar-refractivity contribution in [3.63, 3.8) is 0 Å². The molecule has 0 radical (unpaired) electrons. The highest BCUT2D eigenvalue weighted by molar-refractivity contribution is 7.99. The zero-order valence-corrected chi connectivity index (χ0v) is 13.1. The van der Waals surface area contributed by atoms with Crippen molar-refractivity contribution in [1.82, 2.24) is 5.32 Å². The van der Waals surface area contributed by atoms with E-state index in [1.165, 1.54) is 6.07 Å². The molecule has 0 spiro atoms. The van der Waals surface area contributed by atoms with E-state index in [1.54, 1.807) is 19.1 Å². The summed E-state index contributed by atoms with van der Waals surface area (Å²) in [6.07, 6.45) is 3.14. The van der Waals surface area contributed by atoms with Gasteiger partial charge in [-0.25, -0.2) is 0 Å². The fourth-order valence-corrected chi connectivity index (χ4v) is 4.03. The molecule has 0 saturated heterocycles. The topological polar surface area (TPSA) is 72.2 Å².